The highest BCUT2D eigenvalue weighted by Crippen LogP contribution is 2.33. The van der Waals surface area contributed by atoms with Crippen molar-refractivity contribution in [2.75, 3.05) is 18.0 Å². The van der Waals surface area contributed by atoms with Crippen molar-refractivity contribution in [3.8, 4) is 0 Å². The van der Waals surface area contributed by atoms with E-state index in [1.807, 2.05) is 6.92 Å². The Morgan fingerprint density at radius 3 is 2.61 bits per heavy atom. The van der Waals surface area contributed by atoms with Crippen LogP contribution in [0.5, 0.6) is 0 Å². The highest BCUT2D eigenvalue weighted by atomic mass is 16.6. The summed E-state index contributed by atoms with van der Waals surface area (Å²) in [4.78, 5) is 25.5. The molecule has 1 atom stereocenters. The second-order valence-corrected chi connectivity index (χ2v) is 6.61. The van der Waals surface area contributed by atoms with Gasteiger partial charge in [0.2, 0.25) is 0 Å². The predicted molar refractivity (Wildman–Crippen MR) is 88.8 cm³/mol. The fourth-order valence-corrected chi connectivity index (χ4v) is 3.23. The molecule has 0 aromatic heterocycles. The molecule has 124 valence electrons. The molecule has 1 amide bonds. The number of nitrogens with zero attached hydrogens (tertiary/aromatic N) is 2. The largest absolute Gasteiger partial charge is 0.371 e. The number of amides is 1. The van der Waals surface area contributed by atoms with Crippen LogP contribution in [0.1, 0.15) is 49.4 Å². The van der Waals surface area contributed by atoms with E-state index in [-0.39, 0.29) is 17.6 Å². The van der Waals surface area contributed by atoms with Gasteiger partial charge in [0.1, 0.15) is 0 Å². The summed E-state index contributed by atoms with van der Waals surface area (Å²) in [6, 6.07) is 4.75. The van der Waals surface area contributed by atoms with Gasteiger partial charge in [-0.2, -0.15) is 0 Å². The molecule has 6 heteroatoms. The predicted octanol–water partition coefficient (Wildman–Crippen LogP) is 3.11. The minimum Gasteiger partial charge on any atom is -0.371 e. The Morgan fingerprint density at radius 1 is 1.30 bits per heavy atom. The van der Waals surface area contributed by atoms with Crippen LogP contribution >= 0.6 is 0 Å². The number of piperidine rings is 1. The van der Waals surface area contributed by atoms with Gasteiger partial charge >= 0.3 is 0 Å². The van der Waals surface area contributed by atoms with E-state index in [1.54, 1.807) is 6.07 Å². The first-order chi connectivity index (χ1) is 11.1. The normalized spacial score (nSPS) is 19.3. The van der Waals surface area contributed by atoms with Crippen molar-refractivity contribution in [1.29, 1.82) is 0 Å². The molecule has 1 saturated carbocycles. The third kappa shape index (κ3) is 3.63. The molecule has 3 rings (SSSR count). The lowest BCUT2D eigenvalue weighted by atomic mass is 10.1. The molecule has 1 aromatic rings. The van der Waals surface area contributed by atoms with Crippen LogP contribution in [0.4, 0.5) is 11.4 Å². The maximum absolute atomic E-state index is 12.7. The van der Waals surface area contributed by atoms with Crippen molar-refractivity contribution in [1.82, 2.24) is 5.32 Å². The van der Waals surface area contributed by atoms with Crippen molar-refractivity contribution < 1.29 is 9.72 Å². The van der Waals surface area contributed by atoms with Crippen LogP contribution in [0.25, 0.3) is 0 Å². The summed E-state index contributed by atoms with van der Waals surface area (Å²) in [5, 5.41) is 14.1. The number of non-ortho nitro benzene ring substituents is 1. The zero-order chi connectivity index (χ0) is 16.4. The van der Waals surface area contributed by atoms with Crippen LogP contribution in [-0.4, -0.2) is 30.0 Å². The van der Waals surface area contributed by atoms with Gasteiger partial charge in [0, 0.05) is 31.3 Å². The quantitative estimate of drug-likeness (QED) is 0.669. The van der Waals surface area contributed by atoms with Crippen LogP contribution in [0.3, 0.4) is 0 Å². The number of benzene rings is 1. The van der Waals surface area contributed by atoms with Crippen LogP contribution in [0.2, 0.25) is 0 Å². The molecule has 23 heavy (non-hydrogen) atoms. The Kier molecular flexibility index (Phi) is 4.50. The van der Waals surface area contributed by atoms with Crippen molar-refractivity contribution in [3.05, 3.63) is 33.9 Å². The summed E-state index contributed by atoms with van der Waals surface area (Å²) in [5.74, 6) is 0.352. The molecule has 2 fully saturated rings. The van der Waals surface area contributed by atoms with Crippen molar-refractivity contribution in [2.24, 2.45) is 5.92 Å². The Labute approximate surface area is 136 Å². The third-order valence-electron chi connectivity index (χ3n) is 4.82. The lowest BCUT2D eigenvalue weighted by Gasteiger charge is -2.30. The molecule has 1 aliphatic carbocycles. The summed E-state index contributed by atoms with van der Waals surface area (Å²) in [5.41, 5.74) is 1.21. The molecule has 1 unspecified atom stereocenters. The molecular weight excluding hydrogens is 294 g/mol. The minimum absolute atomic E-state index is 0.0324. The fraction of sp³-hybridized carbons (Fsp3) is 0.588. The summed E-state index contributed by atoms with van der Waals surface area (Å²) in [7, 11) is 0. The number of carbonyl (C=O) groups is 1. The highest BCUT2D eigenvalue weighted by Gasteiger charge is 2.30. The molecule has 1 aromatic carbocycles. The number of rotatable bonds is 5. The van der Waals surface area contributed by atoms with Gasteiger partial charge in [-0.05, 0) is 51.0 Å². The maximum atomic E-state index is 12.7. The van der Waals surface area contributed by atoms with Crippen LogP contribution in [-0.2, 0) is 0 Å². The number of carbonyl (C=O) groups excluding carboxylic acids is 1. The molecule has 6 nitrogen and oxygen atoms in total. The first kappa shape index (κ1) is 15.8. The van der Waals surface area contributed by atoms with Gasteiger partial charge in [0.15, 0.2) is 0 Å². The van der Waals surface area contributed by atoms with Crippen LogP contribution in [0, 0.1) is 16.0 Å². The molecule has 1 N–H and O–H groups in total. The molecule has 0 bridgehead atoms. The van der Waals surface area contributed by atoms with Crippen molar-refractivity contribution in [3.63, 3.8) is 0 Å². The van der Waals surface area contributed by atoms with E-state index in [4.69, 9.17) is 0 Å². The molecule has 2 aliphatic rings. The van der Waals surface area contributed by atoms with E-state index in [2.05, 4.69) is 10.2 Å². The monoisotopic (exact) mass is 317 g/mol. The standard InChI is InChI=1S/C17H23N3O3/c1-12(13-5-6-13)18-17(21)15-11-14(20(22)23)7-8-16(15)19-9-3-2-4-10-19/h7-8,11-13H,2-6,9-10H2,1H3,(H,18,21). The van der Waals surface area contributed by atoms with Crippen molar-refractivity contribution >= 4 is 17.3 Å². The summed E-state index contributed by atoms with van der Waals surface area (Å²) >= 11 is 0. The number of anilines is 1. The summed E-state index contributed by atoms with van der Waals surface area (Å²) < 4.78 is 0. The zero-order valence-corrected chi connectivity index (χ0v) is 13.5. The molecule has 0 radical (unpaired) electrons. The van der Waals surface area contributed by atoms with Crippen molar-refractivity contribution in [2.45, 2.75) is 45.1 Å². The number of nitro groups is 1. The average Bonchev–Trinajstić information content (AvgIpc) is 3.40. The Balaban J connectivity index is 1.87. The first-order valence-electron chi connectivity index (χ1n) is 8.40. The first-order valence-corrected chi connectivity index (χ1v) is 8.40. The molecular formula is C17H23N3O3. The molecule has 1 heterocycles. The van der Waals surface area contributed by atoms with Gasteiger partial charge in [-0.15, -0.1) is 0 Å². The number of hydrogen-bond donors (Lipinski definition) is 1. The van der Waals surface area contributed by atoms with Gasteiger partial charge in [0.05, 0.1) is 16.2 Å². The number of hydrogen-bond acceptors (Lipinski definition) is 4. The van der Waals surface area contributed by atoms with E-state index in [1.165, 1.54) is 18.6 Å². The van der Waals surface area contributed by atoms with Crippen LogP contribution < -0.4 is 10.2 Å². The van der Waals surface area contributed by atoms with E-state index in [0.717, 1.165) is 44.5 Å². The Morgan fingerprint density at radius 2 is 2.00 bits per heavy atom. The van der Waals surface area contributed by atoms with E-state index < -0.39 is 4.92 Å². The van der Waals surface area contributed by atoms with E-state index in [0.29, 0.717) is 11.5 Å². The SMILES string of the molecule is CC(NC(=O)c1cc([N+](=O)[O-])ccc1N1CCCCC1)C1CC1. The van der Waals surface area contributed by atoms with Crippen LogP contribution in [0.15, 0.2) is 18.2 Å². The average molecular weight is 317 g/mol. The highest BCUT2D eigenvalue weighted by molar-refractivity contribution is 6.00. The van der Waals surface area contributed by atoms with Gasteiger partial charge in [-0.3, -0.25) is 14.9 Å². The second-order valence-electron chi connectivity index (χ2n) is 6.61. The smallest absolute Gasteiger partial charge is 0.270 e. The van der Waals surface area contributed by atoms with Gasteiger partial charge < -0.3 is 10.2 Å². The minimum atomic E-state index is -0.443. The lowest BCUT2D eigenvalue weighted by molar-refractivity contribution is -0.384. The topological polar surface area (TPSA) is 75.5 Å². The Bertz CT molecular complexity index is 607. The molecule has 0 spiro atoms. The summed E-state index contributed by atoms with van der Waals surface area (Å²) in [6.45, 7) is 3.81. The van der Waals surface area contributed by atoms with Gasteiger partial charge in [0.25, 0.3) is 11.6 Å². The van der Waals surface area contributed by atoms with Gasteiger partial charge in [-0.25, -0.2) is 0 Å². The lowest BCUT2D eigenvalue weighted by Crippen LogP contribution is -2.36. The number of nitro benzene ring substituents is 1. The Hall–Kier alpha value is -2.11. The fourth-order valence-electron chi connectivity index (χ4n) is 3.23. The summed E-state index contributed by atoms with van der Waals surface area (Å²) in [6.07, 6.45) is 5.68. The zero-order valence-electron chi connectivity index (χ0n) is 13.5. The molecule has 1 aliphatic heterocycles. The number of nitrogens with one attached hydrogen (secondary N) is 1. The third-order valence-corrected chi connectivity index (χ3v) is 4.82. The maximum Gasteiger partial charge on any atom is 0.270 e. The van der Waals surface area contributed by atoms with Gasteiger partial charge in [-0.1, -0.05) is 0 Å². The van der Waals surface area contributed by atoms with E-state index in [9.17, 15) is 14.9 Å². The second kappa shape index (κ2) is 6.56. The van der Waals surface area contributed by atoms with E-state index >= 15 is 0 Å². The molecule has 1 saturated heterocycles.